The lowest BCUT2D eigenvalue weighted by Gasteiger charge is -2.29. The molecule has 1 saturated carbocycles. The predicted molar refractivity (Wildman–Crippen MR) is 107 cm³/mol. The van der Waals surface area contributed by atoms with Crippen LogP contribution in [0.2, 0.25) is 0 Å². The number of rotatable bonds is 8. The molecule has 0 unspecified atom stereocenters. The average molecular weight is 389 g/mol. The summed E-state index contributed by atoms with van der Waals surface area (Å²) in [6.45, 7) is 3.54. The second-order valence-electron chi connectivity index (χ2n) is 8.02. The van der Waals surface area contributed by atoms with E-state index in [2.05, 4.69) is 4.98 Å². The monoisotopic (exact) mass is 388 g/mol. The Morgan fingerprint density at radius 3 is 2.71 bits per heavy atom. The van der Waals surface area contributed by atoms with E-state index in [0.29, 0.717) is 56.5 Å². The summed E-state index contributed by atoms with van der Waals surface area (Å²) < 4.78 is 5.12. The van der Waals surface area contributed by atoms with Crippen LogP contribution in [0, 0.1) is 12.8 Å². The van der Waals surface area contributed by atoms with Gasteiger partial charge < -0.3 is 9.64 Å². The van der Waals surface area contributed by atoms with Crippen LogP contribution in [0.15, 0.2) is 0 Å². The minimum atomic E-state index is 0.0957. The molecule has 28 heavy (non-hydrogen) atoms. The van der Waals surface area contributed by atoms with E-state index in [1.165, 1.54) is 12.8 Å². The first kappa shape index (κ1) is 20.7. The van der Waals surface area contributed by atoms with E-state index in [4.69, 9.17) is 9.72 Å². The van der Waals surface area contributed by atoms with E-state index in [9.17, 15) is 9.59 Å². The summed E-state index contributed by atoms with van der Waals surface area (Å²) in [5.74, 6) is 2.09. The molecule has 3 rings (SSSR count). The van der Waals surface area contributed by atoms with Crippen LogP contribution in [0.1, 0.15) is 62.0 Å². The fraction of sp³-hybridized carbons (Fsp3) is 0.714. The van der Waals surface area contributed by atoms with Crippen LogP contribution in [0.3, 0.4) is 0 Å². The summed E-state index contributed by atoms with van der Waals surface area (Å²) in [6.07, 6.45) is 7.34. The maximum Gasteiger partial charge on any atom is 0.228 e. The zero-order chi connectivity index (χ0) is 20.1. The molecule has 2 heterocycles. The topological polar surface area (TPSA) is 75.6 Å². The van der Waals surface area contributed by atoms with E-state index in [-0.39, 0.29) is 11.8 Å². The first-order valence-electron chi connectivity index (χ1n) is 10.4. The van der Waals surface area contributed by atoms with Gasteiger partial charge in [0.15, 0.2) is 0 Å². The predicted octanol–water partition coefficient (Wildman–Crippen LogP) is 2.64. The number of anilines is 1. The third-order valence-corrected chi connectivity index (χ3v) is 5.86. The Hall–Kier alpha value is -2.02. The molecule has 0 N–H and O–H groups in total. The van der Waals surface area contributed by atoms with Crippen molar-refractivity contribution in [2.45, 2.75) is 64.8 Å². The lowest BCUT2D eigenvalue weighted by atomic mass is 10.0. The molecule has 0 spiro atoms. The molecule has 154 valence electrons. The van der Waals surface area contributed by atoms with Gasteiger partial charge in [0.25, 0.3) is 0 Å². The van der Waals surface area contributed by atoms with Crippen molar-refractivity contribution >= 4 is 17.6 Å². The number of ether oxygens (including phenoxy) is 1. The van der Waals surface area contributed by atoms with Crippen molar-refractivity contribution in [3.8, 4) is 0 Å². The van der Waals surface area contributed by atoms with Gasteiger partial charge in [-0.2, -0.15) is 0 Å². The molecule has 1 aromatic heterocycles. The van der Waals surface area contributed by atoms with E-state index in [1.54, 1.807) is 16.9 Å². The van der Waals surface area contributed by atoms with Crippen molar-refractivity contribution in [3.05, 3.63) is 17.1 Å². The highest BCUT2D eigenvalue weighted by Crippen LogP contribution is 2.29. The molecule has 1 aliphatic heterocycles. The number of carbonyl (C=O) groups excluding carboxylic acids is 2. The largest absolute Gasteiger partial charge is 0.385 e. The van der Waals surface area contributed by atoms with E-state index in [0.717, 1.165) is 30.5 Å². The molecular formula is C21H32N4O3. The molecule has 0 radical (unpaired) electrons. The SMILES string of the molecule is COCCCN1C(=O)CCc2c(C)nc(CN(C)C(=O)CC3CCCC3)nc21. The minimum absolute atomic E-state index is 0.0957. The van der Waals surface area contributed by atoms with Gasteiger partial charge in [0.1, 0.15) is 11.6 Å². The maximum absolute atomic E-state index is 12.6. The van der Waals surface area contributed by atoms with Gasteiger partial charge >= 0.3 is 0 Å². The fourth-order valence-corrected chi connectivity index (χ4v) is 4.22. The number of fused-ring (bicyclic) bond motifs is 1. The normalized spacial score (nSPS) is 17.1. The summed E-state index contributed by atoms with van der Waals surface area (Å²) >= 11 is 0. The Morgan fingerprint density at radius 2 is 2.00 bits per heavy atom. The summed E-state index contributed by atoms with van der Waals surface area (Å²) in [4.78, 5) is 37.8. The zero-order valence-corrected chi connectivity index (χ0v) is 17.4. The van der Waals surface area contributed by atoms with Crippen LogP contribution in [0.4, 0.5) is 5.82 Å². The van der Waals surface area contributed by atoms with Gasteiger partial charge in [-0.15, -0.1) is 0 Å². The van der Waals surface area contributed by atoms with Crippen LogP contribution < -0.4 is 4.90 Å². The molecule has 0 atom stereocenters. The third kappa shape index (κ3) is 4.87. The molecule has 1 aromatic rings. The van der Waals surface area contributed by atoms with Crippen molar-refractivity contribution < 1.29 is 14.3 Å². The van der Waals surface area contributed by atoms with Crippen molar-refractivity contribution in [1.82, 2.24) is 14.9 Å². The second-order valence-corrected chi connectivity index (χ2v) is 8.02. The highest BCUT2D eigenvalue weighted by molar-refractivity contribution is 5.95. The van der Waals surface area contributed by atoms with Crippen LogP contribution in [0.25, 0.3) is 0 Å². The van der Waals surface area contributed by atoms with Crippen molar-refractivity contribution in [2.75, 3.05) is 32.2 Å². The van der Waals surface area contributed by atoms with Crippen molar-refractivity contribution in [1.29, 1.82) is 0 Å². The van der Waals surface area contributed by atoms with Crippen LogP contribution >= 0.6 is 0 Å². The number of hydrogen-bond donors (Lipinski definition) is 0. The number of carbonyl (C=O) groups is 2. The van der Waals surface area contributed by atoms with Gasteiger partial charge in [0, 0.05) is 51.4 Å². The molecule has 0 bridgehead atoms. The van der Waals surface area contributed by atoms with Crippen LogP contribution in [0.5, 0.6) is 0 Å². The van der Waals surface area contributed by atoms with Gasteiger partial charge in [0.05, 0.1) is 6.54 Å². The highest BCUT2D eigenvalue weighted by Gasteiger charge is 2.28. The molecule has 7 nitrogen and oxygen atoms in total. The molecule has 1 fully saturated rings. The van der Waals surface area contributed by atoms with Gasteiger partial charge in [0.2, 0.25) is 11.8 Å². The van der Waals surface area contributed by atoms with Gasteiger partial charge in [-0.25, -0.2) is 9.97 Å². The Kier molecular flexibility index (Phi) is 6.99. The van der Waals surface area contributed by atoms with E-state index >= 15 is 0 Å². The summed E-state index contributed by atoms with van der Waals surface area (Å²) in [6, 6.07) is 0. The van der Waals surface area contributed by atoms with Crippen LogP contribution in [-0.4, -0.2) is 54.0 Å². The Bertz CT molecular complexity index is 716. The lowest BCUT2D eigenvalue weighted by Crippen LogP contribution is -2.38. The number of nitrogens with zero attached hydrogens (tertiary/aromatic N) is 4. The van der Waals surface area contributed by atoms with Gasteiger partial charge in [-0.05, 0) is 38.5 Å². The number of methoxy groups -OCH3 is 1. The van der Waals surface area contributed by atoms with E-state index < -0.39 is 0 Å². The molecule has 0 aromatic carbocycles. The smallest absolute Gasteiger partial charge is 0.228 e. The molecule has 2 amide bonds. The van der Waals surface area contributed by atoms with Crippen LogP contribution in [-0.2, 0) is 27.3 Å². The highest BCUT2D eigenvalue weighted by atomic mass is 16.5. The summed E-state index contributed by atoms with van der Waals surface area (Å²) in [5.41, 5.74) is 1.95. The quantitative estimate of drug-likeness (QED) is 0.640. The number of amides is 2. The van der Waals surface area contributed by atoms with Crippen molar-refractivity contribution in [3.63, 3.8) is 0 Å². The van der Waals surface area contributed by atoms with E-state index in [1.807, 2.05) is 14.0 Å². The maximum atomic E-state index is 12.6. The Balaban J connectivity index is 1.72. The Labute approximate surface area is 167 Å². The van der Waals surface area contributed by atoms with Gasteiger partial charge in [-0.3, -0.25) is 14.5 Å². The number of aromatic nitrogens is 2. The zero-order valence-electron chi connectivity index (χ0n) is 17.4. The van der Waals surface area contributed by atoms with Gasteiger partial charge in [-0.1, -0.05) is 12.8 Å². The standard InChI is InChI=1S/C21H32N4O3/c1-15-17-9-10-19(26)25(11-6-12-28-3)21(17)23-18(22-15)14-24(2)20(27)13-16-7-4-5-8-16/h16H,4-14H2,1-3H3. The first-order valence-corrected chi connectivity index (χ1v) is 10.4. The minimum Gasteiger partial charge on any atom is -0.385 e. The first-order chi connectivity index (χ1) is 13.5. The molecule has 7 heteroatoms. The number of aryl methyl sites for hydroxylation is 1. The average Bonchev–Trinajstić information content (AvgIpc) is 3.16. The summed E-state index contributed by atoms with van der Waals surface area (Å²) in [5, 5.41) is 0. The third-order valence-electron chi connectivity index (χ3n) is 5.86. The Morgan fingerprint density at radius 1 is 1.25 bits per heavy atom. The van der Waals surface area contributed by atoms with Crippen molar-refractivity contribution in [2.24, 2.45) is 5.92 Å². The number of hydrogen-bond acceptors (Lipinski definition) is 5. The molecule has 0 saturated heterocycles. The second kappa shape index (κ2) is 9.45. The fourth-order valence-electron chi connectivity index (χ4n) is 4.22. The molecule has 2 aliphatic rings. The molecular weight excluding hydrogens is 356 g/mol. The summed E-state index contributed by atoms with van der Waals surface area (Å²) in [7, 11) is 3.48. The lowest BCUT2D eigenvalue weighted by molar-refractivity contribution is -0.131. The molecule has 1 aliphatic carbocycles.